The van der Waals surface area contributed by atoms with Crippen LogP contribution in [0.5, 0.6) is 0 Å². The van der Waals surface area contributed by atoms with Gasteiger partial charge in [-0.25, -0.2) is 0 Å². The van der Waals surface area contributed by atoms with Crippen LogP contribution < -0.4 is 0 Å². The summed E-state index contributed by atoms with van der Waals surface area (Å²) in [6.45, 7) is 1.67. The summed E-state index contributed by atoms with van der Waals surface area (Å²) in [6.07, 6.45) is 0.288. The molecule has 0 spiro atoms. The van der Waals surface area contributed by atoms with Gasteiger partial charge in [-0.1, -0.05) is 18.5 Å². The third-order valence-electron chi connectivity index (χ3n) is 2.15. The van der Waals surface area contributed by atoms with E-state index in [9.17, 15) is 9.59 Å². The van der Waals surface area contributed by atoms with Crippen molar-refractivity contribution in [3.8, 4) is 0 Å². The number of ketones is 1. The van der Waals surface area contributed by atoms with Crippen LogP contribution in [-0.2, 0) is 4.79 Å². The number of rotatable bonds is 4. The lowest BCUT2D eigenvalue weighted by Crippen LogP contribution is -2.23. The number of hydrogen-bond acceptors (Lipinski definition) is 2. The van der Waals surface area contributed by atoms with E-state index in [2.05, 4.69) is 0 Å². The largest absolute Gasteiger partial charge is 0.481 e. The van der Waals surface area contributed by atoms with Crippen LogP contribution in [0.25, 0.3) is 0 Å². The van der Waals surface area contributed by atoms with Crippen LogP contribution in [-0.4, -0.2) is 16.9 Å². The number of halogens is 1. The van der Waals surface area contributed by atoms with Gasteiger partial charge in [0.1, 0.15) is 5.92 Å². The standard InChI is InChI=1S/C11H11ClO3/c1-2-9(11(14)15)10(13)7-3-5-8(12)6-4-7/h3-6,9H,2H2,1H3,(H,14,15). The summed E-state index contributed by atoms with van der Waals surface area (Å²) in [7, 11) is 0. The lowest BCUT2D eigenvalue weighted by molar-refractivity contribution is -0.140. The van der Waals surface area contributed by atoms with E-state index in [0.717, 1.165) is 0 Å². The van der Waals surface area contributed by atoms with Gasteiger partial charge in [0.05, 0.1) is 0 Å². The first kappa shape index (κ1) is 11.7. The van der Waals surface area contributed by atoms with Crippen molar-refractivity contribution < 1.29 is 14.7 Å². The Morgan fingerprint density at radius 1 is 1.33 bits per heavy atom. The zero-order valence-electron chi connectivity index (χ0n) is 8.24. The molecule has 0 fully saturated rings. The van der Waals surface area contributed by atoms with E-state index in [1.165, 1.54) is 12.1 Å². The maximum atomic E-state index is 11.7. The summed E-state index contributed by atoms with van der Waals surface area (Å²) in [4.78, 5) is 22.5. The van der Waals surface area contributed by atoms with Crippen LogP contribution in [0.3, 0.4) is 0 Å². The molecular weight excluding hydrogens is 216 g/mol. The van der Waals surface area contributed by atoms with Crippen molar-refractivity contribution in [2.45, 2.75) is 13.3 Å². The van der Waals surface area contributed by atoms with Gasteiger partial charge < -0.3 is 5.11 Å². The average molecular weight is 227 g/mol. The molecule has 1 atom stereocenters. The quantitative estimate of drug-likeness (QED) is 0.634. The van der Waals surface area contributed by atoms with E-state index in [-0.39, 0.29) is 12.2 Å². The summed E-state index contributed by atoms with van der Waals surface area (Å²) in [6, 6.07) is 6.22. The number of benzene rings is 1. The van der Waals surface area contributed by atoms with Gasteiger partial charge in [0.25, 0.3) is 0 Å². The first-order valence-corrected chi connectivity index (χ1v) is 4.96. The van der Waals surface area contributed by atoms with E-state index in [0.29, 0.717) is 10.6 Å². The second kappa shape index (κ2) is 4.94. The SMILES string of the molecule is CCC(C(=O)O)C(=O)c1ccc(Cl)cc1. The monoisotopic (exact) mass is 226 g/mol. The predicted octanol–water partition coefficient (Wildman–Crippen LogP) is 2.63. The van der Waals surface area contributed by atoms with Crippen LogP contribution in [0.15, 0.2) is 24.3 Å². The molecule has 0 aliphatic heterocycles. The van der Waals surface area contributed by atoms with Crippen LogP contribution >= 0.6 is 11.6 Å². The number of carbonyl (C=O) groups excluding carboxylic acids is 1. The normalized spacial score (nSPS) is 12.1. The van der Waals surface area contributed by atoms with Crippen LogP contribution in [0.1, 0.15) is 23.7 Å². The summed E-state index contributed by atoms with van der Waals surface area (Å²) in [5, 5.41) is 9.34. The molecule has 0 heterocycles. The Morgan fingerprint density at radius 3 is 2.27 bits per heavy atom. The molecule has 0 saturated heterocycles. The molecule has 3 nitrogen and oxygen atoms in total. The highest BCUT2D eigenvalue weighted by Gasteiger charge is 2.24. The molecule has 80 valence electrons. The minimum atomic E-state index is -1.09. The minimum Gasteiger partial charge on any atom is -0.481 e. The Bertz CT molecular complexity index is 370. The Morgan fingerprint density at radius 2 is 1.87 bits per heavy atom. The molecule has 0 bridgehead atoms. The lowest BCUT2D eigenvalue weighted by Gasteiger charge is -2.08. The summed E-state index contributed by atoms with van der Waals surface area (Å²) in [5.74, 6) is -2.43. The number of aliphatic carboxylic acids is 1. The second-order valence-electron chi connectivity index (χ2n) is 3.17. The van der Waals surface area contributed by atoms with Crippen LogP contribution in [0.2, 0.25) is 5.02 Å². The molecular formula is C11H11ClO3. The van der Waals surface area contributed by atoms with Crippen molar-refractivity contribution in [2.24, 2.45) is 5.92 Å². The molecule has 1 N–H and O–H groups in total. The Kier molecular flexibility index (Phi) is 3.86. The Hall–Kier alpha value is -1.35. The molecule has 0 radical (unpaired) electrons. The van der Waals surface area contributed by atoms with Gasteiger partial charge >= 0.3 is 5.97 Å². The molecule has 0 amide bonds. The third-order valence-corrected chi connectivity index (χ3v) is 2.40. The van der Waals surface area contributed by atoms with Crippen molar-refractivity contribution >= 4 is 23.4 Å². The first-order chi connectivity index (χ1) is 7.06. The number of carbonyl (C=O) groups is 2. The second-order valence-corrected chi connectivity index (χ2v) is 3.61. The molecule has 0 saturated carbocycles. The minimum absolute atomic E-state index is 0.288. The maximum absolute atomic E-state index is 11.7. The van der Waals surface area contributed by atoms with Crippen LogP contribution in [0.4, 0.5) is 0 Å². The van der Waals surface area contributed by atoms with E-state index in [1.807, 2.05) is 0 Å². The van der Waals surface area contributed by atoms with Gasteiger partial charge in [0.15, 0.2) is 5.78 Å². The molecule has 1 rings (SSSR count). The molecule has 4 heteroatoms. The summed E-state index contributed by atoms with van der Waals surface area (Å²) < 4.78 is 0. The smallest absolute Gasteiger partial charge is 0.314 e. The van der Waals surface area contributed by atoms with Crippen molar-refractivity contribution in [3.63, 3.8) is 0 Å². The predicted molar refractivity (Wildman–Crippen MR) is 57.2 cm³/mol. The molecule has 1 unspecified atom stereocenters. The summed E-state index contributed by atoms with van der Waals surface area (Å²) in [5.41, 5.74) is 0.383. The van der Waals surface area contributed by atoms with E-state index in [1.54, 1.807) is 19.1 Å². The van der Waals surface area contributed by atoms with Crippen molar-refractivity contribution in [2.75, 3.05) is 0 Å². The molecule has 15 heavy (non-hydrogen) atoms. The highest BCUT2D eigenvalue weighted by molar-refractivity contribution is 6.30. The van der Waals surface area contributed by atoms with Crippen LogP contribution in [0, 0.1) is 5.92 Å². The number of carboxylic acid groups (broad SMARTS) is 1. The number of Topliss-reactive ketones (excluding diaryl/α,β-unsaturated/α-hetero) is 1. The van der Waals surface area contributed by atoms with E-state index >= 15 is 0 Å². The molecule has 0 aromatic heterocycles. The molecule has 1 aromatic carbocycles. The van der Waals surface area contributed by atoms with Gasteiger partial charge in [-0.05, 0) is 30.7 Å². The maximum Gasteiger partial charge on any atom is 0.314 e. The van der Waals surface area contributed by atoms with Gasteiger partial charge in [0, 0.05) is 10.6 Å². The van der Waals surface area contributed by atoms with Gasteiger partial charge in [-0.15, -0.1) is 0 Å². The molecule has 0 aliphatic carbocycles. The van der Waals surface area contributed by atoms with Gasteiger partial charge in [0.2, 0.25) is 0 Å². The van der Waals surface area contributed by atoms with Gasteiger partial charge in [-0.2, -0.15) is 0 Å². The third kappa shape index (κ3) is 2.80. The van der Waals surface area contributed by atoms with Crippen molar-refractivity contribution in [1.82, 2.24) is 0 Å². The highest BCUT2D eigenvalue weighted by Crippen LogP contribution is 2.15. The first-order valence-electron chi connectivity index (χ1n) is 4.58. The zero-order valence-corrected chi connectivity index (χ0v) is 8.99. The van der Waals surface area contributed by atoms with Crippen molar-refractivity contribution in [3.05, 3.63) is 34.9 Å². The molecule has 0 aliphatic rings. The fourth-order valence-electron chi connectivity index (χ4n) is 1.29. The fraction of sp³-hybridized carbons (Fsp3) is 0.273. The highest BCUT2D eigenvalue weighted by atomic mass is 35.5. The number of carboxylic acids is 1. The average Bonchev–Trinajstić information content (AvgIpc) is 2.19. The number of hydrogen-bond donors (Lipinski definition) is 1. The molecule has 1 aromatic rings. The van der Waals surface area contributed by atoms with Gasteiger partial charge in [-0.3, -0.25) is 9.59 Å². The Labute approximate surface area is 92.7 Å². The van der Waals surface area contributed by atoms with E-state index < -0.39 is 11.9 Å². The van der Waals surface area contributed by atoms with E-state index in [4.69, 9.17) is 16.7 Å². The topological polar surface area (TPSA) is 54.4 Å². The lowest BCUT2D eigenvalue weighted by atomic mass is 9.95. The Balaban J connectivity index is 2.93. The van der Waals surface area contributed by atoms with Crippen molar-refractivity contribution in [1.29, 1.82) is 0 Å². The summed E-state index contributed by atoms with van der Waals surface area (Å²) >= 11 is 5.66. The zero-order chi connectivity index (χ0) is 11.4. The fourth-order valence-corrected chi connectivity index (χ4v) is 1.41.